The summed E-state index contributed by atoms with van der Waals surface area (Å²) in [5, 5.41) is 3.67. The first kappa shape index (κ1) is 16.2. The summed E-state index contributed by atoms with van der Waals surface area (Å²) in [4.78, 5) is 0.239. The highest BCUT2D eigenvalue weighted by atomic mass is 32.2. The van der Waals surface area contributed by atoms with Gasteiger partial charge in [0.2, 0.25) is 10.0 Å². The molecule has 1 aromatic heterocycles. The first-order chi connectivity index (χ1) is 10.8. The zero-order valence-electron chi connectivity index (χ0n) is 13.3. The minimum atomic E-state index is -3.62. The molecule has 0 bridgehead atoms. The van der Waals surface area contributed by atoms with Crippen LogP contribution in [-0.4, -0.2) is 37.0 Å². The lowest BCUT2D eigenvalue weighted by Crippen LogP contribution is -2.53. The van der Waals surface area contributed by atoms with Crippen LogP contribution in [0.5, 0.6) is 0 Å². The highest BCUT2D eigenvalue weighted by Crippen LogP contribution is 2.34. The molecule has 1 atom stereocenters. The number of hydrogen-bond donors (Lipinski definition) is 1. The minimum absolute atomic E-state index is 0.00142. The van der Waals surface area contributed by atoms with Crippen molar-refractivity contribution in [3.63, 3.8) is 0 Å². The molecule has 1 aliphatic rings. The molecule has 3 rings (SSSR count). The third kappa shape index (κ3) is 2.91. The average molecular weight is 335 g/mol. The molecule has 1 aromatic carbocycles. The molecule has 23 heavy (non-hydrogen) atoms. The normalized spacial score (nSPS) is 22.1. The van der Waals surface area contributed by atoms with Gasteiger partial charge in [-0.05, 0) is 24.0 Å². The summed E-state index contributed by atoms with van der Waals surface area (Å²) >= 11 is 0. The molecule has 124 valence electrons. The van der Waals surface area contributed by atoms with E-state index in [-0.39, 0.29) is 16.4 Å². The quantitative estimate of drug-likeness (QED) is 0.927. The zero-order valence-corrected chi connectivity index (χ0v) is 14.1. The van der Waals surface area contributed by atoms with Gasteiger partial charge in [0, 0.05) is 30.8 Å². The number of benzene rings is 1. The molecule has 1 unspecified atom stereocenters. The van der Waals surface area contributed by atoms with E-state index >= 15 is 0 Å². The van der Waals surface area contributed by atoms with Crippen LogP contribution >= 0.6 is 0 Å². The van der Waals surface area contributed by atoms with Gasteiger partial charge in [0.05, 0.1) is 11.1 Å². The van der Waals surface area contributed by atoms with Crippen LogP contribution in [0, 0.1) is 5.41 Å². The molecular weight excluding hydrogens is 314 g/mol. The summed E-state index contributed by atoms with van der Waals surface area (Å²) in [5.41, 5.74) is 6.39. The Hall–Kier alpha value is -1.70. The Bertz CT molecular complexity index is 785. The number of sulfonamides is 1. The van der Waals surface area contributed by atoms with Gasteiger partial charge >= 0.3 is 0 Å². The number of hydrogen-bond acceptors (Lipinski definition) is 5. The lowest BCUT2D eigenvalue weighted by Gasteiger charge is -2.41. The van der Waals surface area contributed by atoms with Crippen LogP contribution in [0.2, 0.25) is 0 Å². The molecule has 2 heterocycles. The smallest absolute Gasteiger partial charge is 0.243 e. The van der Waals surface area contributed by atoms with Crippen molar-refractivity contribution in [2.75, 3.05) is 13.1 Å². The van der Waals surface area contributed by atoms with Crippen molar-refractivity contribution in [1.29, 1.82) is 0 Å². The van der Waals surface area contributed by atoms with E-state index in [1.54, 1.807) is 30.3 Å². The van der Waals surface area contributed by atoms with Crippen LogP contribution < -0.4 is 5.73 Å². The SMILES string of the molecule is CC1(C)CN(S(=O)(=O)c2ccccc2-c2ccno2)CCC1N. The Morgan fingerprint density at radius 1 is 1.30 bits per heavy atom. The third-order valence-electron chi connectivity index (χ3n) is 4.49. The third-order valence-corrected chi connectivity index (χ3v) is 6.39. The van der Waals surface area contributed by atoms with Crippen LogP contribution in [0.25, 0.3) is 11.3 Å². The van der Waals surface area contributed by atoms with E-state index in [1.807, 2.05) is 13.8 Å². The number of piperidine rings is 1. The molecule has 0 spiro atoms. The minimum Gasteiger partial charge on any atom is -0.356 e. The maximum absolute atomic E-state index is 13.1. The van der Waals surface area contributed by atoms with Crippen molar-refractivity contribution < 1.29 is 12.9 Å². The maximum Gasteiger partial charge on any atom is 0.243 e. The van der Waals surface area contributed by atoms with E-state index in [2.05, 4.69) is 5.16 Å². The van der Waals surface area contributed by atoms with Gasteiger partial charge in [-0.2, -0.15) is 4.31 Å². The van der Waals surface area contributed by atoms with Crippen molar-refractivity contribution in [2.45, 2.75) is 31.2 Å². The van der Waals surface area contributed by atoms with E-state index in [4.69, 9.17) is 10.3 Å². The van der Waals surface area contributed by atoms with Gasteiger partial charge in [-0.3, -0.25) is 0 Å². The van der Waals surface area contributed by atoms with Crippen LogP contribution in [0.4, 0.5) is 0 Å². The zero-order chi connectivity index (χ0) is 16.7. The van der Waals surface area contributed by atoms with Gasteiger partial charge in [0.25, 0.3) is 0 Å². The van der Waals surface area contributed by atoms with Crippen LogP contribution in [-0.2, 0) is 10.0 Å². The van der Waals surface area contributed by atoms with E-state index in [0.717, 1.165) is 0 Å². The number of nitrogens with zero attached hydrogens (tertiary/aromatic N) is 2. The van der Waals surface area contributed by atoms with Crippen molar-refractivity contribution >= 4 is 10.0 Å². The monoisotopic (exact) mass is 335 g/mol. The highest BCUT2D eigenvalue weighted by Gasteiger charge is 2.39. The summed E-state index contributed by atoms with van der Waals surface area (Å²) in [6.07, 6.45) is 2.15. The molecule has 0 amide bonds. The van der Waals surface area contributed by atoms with E-state index < -0.39 is 10.0 Å². The Morgan fingerprint density at radius 3 is 2.70 bits per heavy atom. The molecule has 0 saturated carbocycles. The lowest BCUT2D eigenvalue weighted by atomic mass is 9.81. The second-order valence-electron chi connectivity index (χ2n) is 6.60. The molecule has 1 fully saturated rings. The molecule has 0 radical (unpaired) electrons. The molecule has 1 aliphatic heterocycles. The molecular formula is C16H21N3O3S. The lowest BCUT2D eigenvalue weighted by molar-refractivity contribution is 0.155. The Kier molecular flexibility index (Phi) is 4.03. The molecule has 6 nitrogen and oxygen atoms in total. The van der Waals surface area contributed by atoms with Gasteiger partial charge in [-0.25, -0.2) is 8.42 Å². The maximum atomic E-state index is 13.1. The van der Waals surface area contributed by atoms with Crippen molar-refractivity contribution in [3.05, 3.63) is 36.5 Å². The predicted octanol–water partition coefficient (Wildman–Crippen LogP) is 2.09. The molecule has 2 N–H and O–H groups in total. The fraction of sp³-hybridized carbons (Fsp3) is 0.438. The van der Waals surface area contributed by atoms with Gasteiger partial charge < -0.3 is 10.3 Å². The molecule has 0 aliphatic carbocycles. The highest BCUT2D eigenvalue weighted by molar-refractivity contribution is 7.89. The standard InChI is InChI=1S/C16H21N3O3S/c1-16(2)11-19(10-8-15(16)17)23(20,21)14-6-4-3-5-12(14)13-7-9-18-22-13/h3-7,9,15H,8,10-11,17H2,1-2H3. The van der Waals surface area contributed by atoms with Gasteiger partial charge in [-0.15, -0.1) is 0 Å². The molecule has 2 aromatic rings. The number of aromatic nitrogens is 1. The Labute approximate surface area is 136 Å². The average Bonchev–Trinajstić information content (AvgIpc) is 3.04. The fourth-order valence-corrected chi connectivity index (χ4v) is 4.74. The van der Waals surface area contributed by atoms with Crippen molar-refractivity contribution in [1.82, 2.24) is 9.46 Å². The summed E-state index contributed by atoms with van der Waals surface area (Å²) < 4.78 is 32.9. The second kappa shape index (κ2) is 5.74. The fourth-order valence-electron chi connectivity index (χ4n) is 2.92. The van der Waals surface area contributed by atoms with Gasteiger partial charge in [-0.1, -0.05) is 31.1 Å². The Morgan fingerprint density at radius 2 is 2.04 bits per heavy atom. The second-order valence-corrected chi connectivity index (χ2v) is 8.50. The predicted molar refractivity (Wildman–Crippen MR) is 87.1 cm³/mol. The summed E-state index contributed by atoms with van der Waals surface area (Å²) in [6.45, 7) is 4.84. The van der Waals surface area contributed by atoms with Crippen LogP contribution in [0.3, 0.4) is 0 Å². The summed E-state index contributed by atoms with van der Waals surface area (Å²) in [7, 11) is -3.62. The number of rotatable bonds is 3. The van der Waals surface area contributed by atoms with Crippen molar-refractivity contribution in [3.8, 4) is 11.3 Å². The summed E-state index contributed by atoms with van der Waals surface area (Å²) in [5.74, 6) is 0.442. The van der Waals surface area contributed by atoms with E-state index in [9.17, 15) is 8.42 Å². The van der Waals surface area contributed by atoms with Gasteiger partial charge in [0.1, 0.15) is 0 Å². The van der Waals surface area contributed by atoms with E-state index in [1.165, 1.54) is 10.5 Å². The first-order valence-corrected chi connectivity index (χ1v) is 9.02. The Balaban J connectivity index is 2.02. The first-order valence-electron chi connectivity index (χ1n) is 7.58. The molecule has 1 saturated heterocycles. The van der Waals surface area contributed by atoms with E-state index in [0.29, 0.717) is 30.8 Å². The molecule has 7 heteroatoms. The van der Waals surface area contributed by atoms with Crippen LogP contribution in [0.15, 0.2) is 45.9 Å². The van der Waals surface area contributed by atoms with Gasteiger partial charge in [0.15, 0.2) is 5.76 Å². The van der Waals surface area contributed by atoms with Crippen molar-refractivity contribution in [2.24, 2.45) is 11.1 Å². The number of nitrogens with two attached hydrogens (primary N) is 1. The largest absolute Gasteiger partial charge is 0.356 e. The van der Waals surface area contributed by atoms with Crippen LogP contribution in [0.1, 0.15) is 20.3 Å². The summed E-state index contributed by atoms with van der Waals surface area (Å²) in [6, 6.07) is 8.49. The topological polar surface area (TPSA) is 89.4 Å².